The average molecular weight is 356 g/mol. The molecule has 4 N–H and O–H groups in total. The summed E-state index contributed by atoms with van der Waals surface area (Å²) in [6.07, 6.45) is 0. The maximum absolute atomic E-state index is 11.2. The van der Waals surface area contributed by atoms with Gasteiger partial charge < -0.3 is 16.2 Å². The molecule has 0 radical (unpaired) electrons. The number of hydrogen-bond donors (Lipinski definition) is 3. The maximum Gasteiger partial charge on any atom is 0.337 e. The fraction of sp³-hybridized carbons (Fsp3) is 0.0714. The Balaban J connectivity index is 2.50. The summed E-state index contributed by atoms with van der Waals surface area (Å²) in [5, 5.41) is 12.8. The van der Waals surface area contributed by atoms with Crippen LogP contribution in [0, 0.1) is 6.92 Å². The van der Waals surface area contributed by atoms with Crippen LogP contribution in [0.5, 0.6) is 0 Å². The highest BCUT2D eigenvalue weighted by Gasteiger charge is 2.14. The number of nitrogens with two attached hydrogens (primary N) is 1. The molecule has 0 aromatic heterocycles. The van der Waals surface area contributed by atoms with Crippen LogP contribution in [0.3, 0.4) is 0 Å². The van der Waals surface area contributed by atoms with Gasteiger partial charge in [-0.3, -0.25) is 0 Å². The number of aryl methyl sites for hydroxylation is 1. The van der Waals surface area contributed by atoms with Gasteiger partial charge in [-0.1, -0.05) is 17.7 Å². The Labute approximate surface area is 129 Å². The van der Waals surface area contributed by atoms with Crippen LogP contribution in [0.25, 0.3) is 0 Å². The van der Waals surface area contributed by atoms with E-state index >= 15 is 0 Å². The summed E-state index contributed by atoms with van der Waals surface area (Å²) in [4.78, 5) is 11.2. The largest absolute Gasteiger partial charge is 0.478 e. The Hall–Kier alpha value is -1.72. The highest BCUT2D eigenvalue weighted by atomic mass is 79.9. The summed E-state index contributed by atoms with van der Waals surface area (Å²) in [6, 6.07) is 8.30. The van der Waals surface area contributed by atoms with Gasteiger partial charge in [0, 0.05) is 9.50 Å². The van der Waals surface area contributed by atoms with E-state index in [1.807, 2.05) is 13.0 Å². The third-order valence-electron chi connectivity index (χ3n) is 2.84. The second kappa shape index (κ2) is 5.73. The molecule has 0 fully saturated rings. The van der Waals surface area contributed by atoms with Crippen molar-refractivity contribution in [1.82, 2.24) is 0 Å². The number of halogens is 2. The molecular weight excluding hydrogens is 344 g/mol. The molecule has 0 heterocycles. The number of benzene rings is 2. The lowest BCUT2D eigenvalue weighted by Crippen LogP contribution is -2.06. The predicted octanol–water partition coefficient (Wildman–Crippen LogP) is 4.43. The van der Waals surface area contributed by atoms with E-state index in [0.717, 1.165) is 10.0 Å². The van der Waals surface area contributed by atoms with E-state index in [9.17, 15) is 9.90 Å². The van der Waals surface area contributed by atoms with E-state index in [4.69, 9.17) is 17.3 Å². The smallest absolute Gasteiger partial charge is 0.337 e. The van der Waals surface area contributed by atoms with Crippen LogP contribution in [0.1, 0.15) is 15.9 Å². The summed E-state index contributed by atoms with van der Waals surface area (Å²) in [5.41, 5.74) is 8.23. The molecule has 0 bridgehead atoms. The second-order valence-corrected chi connectivity index (χ2v) is 5.54. The first kappa shape index (κ1) is 14.7. The Morgan fingerprint density at radius 3 is 2.75 bits per heavy atom. The quantitative estimate of drug-likeness (QED) is 0.712. The van der Waals surface area contributed by atoms with E-state index in [0.29, 0.717) is 22.1 Å². The third-order valence-corrected chi connectivity index (χ3v) is 3.90. The molecule has 0 saturated heterocycles. The van der Waals surface area contributed by atoms with Crippen molar-refractivity contribution in [3.63, 3.8) is 0 Å². The van der Waals surface area contributed by atoms with Crippen molar-refractivity contribution in [2.45, 2.75) is 6.92 Å². The molecule has 2 aromatic rings. The molecule has 0 spiro atoms. The standard InChI is InChI=1S/C14H12BrClN2O2/c1-7-5-9(15)12(6-10(7)16)18-13-8(14(19)20)3-2-4-11(13)17/h2-6,18H,17H2,1H3,(H,19,20). The predicted molar refractivity (Wildman–Crippen MR) is 85.0 cm³/mol. The zero-order chi connectivity index (χ0) is 14.9. The molecule has 4 nitrogen and oxygen atoms in total. The van der Waals surface area contributed by atoms with Crippen LogP contribution in [0.4, 0.5) is 17.1 Å². The topological polar surface area (TPSA) is 75.3 Å². The number of hydrogen-bond acceptors (Lipinski definition) is 3. The maximum atomic E-state index is 11.2. The van der Waals surface area contributed by atoms with E-state index in [-0.39, 0.29) is 5.56 Å². The molecule has 0 aliphatic heterocycles. The van der Waals surface area contributed by atoms with E-state index in [1.165, 1.54) is 6.07 Å². The SMILES string of the molecule is Cc1cc(Br)c(Nc2c(N)cccc2C(=O)O)cc1Cl. The van der Waals surface area contributed by atoms with Crippen molar-refractivity contribution in [2.24, 2.45) is 0 Å². The molecule has 0 amide bonds. The molecule has 104 valence electrons. The van der Waals surface area contributed by atoms with Crippen LogP contribution in [-0.4, -0.2) is 11.1 Å². The molecule has 0 atom stereocenters. The minimum absolute atomic E-state index is 0.105. The summed E-state index contributed by atoms with van der Waals surface area (Å²) < 4.78 is 0.777. The van der Waals surface area contributed by atoms with Gasteiger partial charge in [0.2, 0.25) is 0 Å². The van der Waals surface area contributed by atoms with Gasteiger partial charge in [0.25, 0.3) is 0 Å². The summed E-state index contributed by atoms with van der Waals surface area (Å²) in [6.45, 7) is 1.89. The average Bonchev–Trinajstić information content (AvgIpc) is 2.37. The number of aromatic carboxylic acids is 1. The number of carboxylic acids is 1. The Kier molecular flexibility index (Phi) is 4.20. The van der Waals surface area contributed by atoms with E-state index in [1.54, 1.807) is 18.2 Å². The molecule has 6 heteroatoms. The highest BCUT2D eigenvalue weighted by Crippen LogP contribution is 2.34. The minimum atomic E-state index is -1.05. The lowest BCUT2D eigenvalue weighted by molar-refractivity contribution is 0.0698. The zero-order valence-corrected chi connectivity index (χ0v) is 12.9. The number of rotatable bonds is 3. The summed E-state index contributed by atoms with van der Waals surface area (Å²) in [5.74, 6) is -1.05. The lowest BCUT2D eigenvalue weighted by atomic mass is 10.1. The normalized spacial score (nSPS) is 10.3. The fourth-order valence-corrected chi connectivity index (χ4v) is 2.49. The minimum Gasteiger partial charge on any atom is -0.478 e. The Morgan fingerprint density at radius 1 is 1.40 bits per heavy atom. The van der Waals surface area contributed by atoms with Gasteiger partial charge in [-0.15, -0.1) is 0 Å². The van der Waals surface area contributed by atoms with Gasteiger partial charge in [-0.2, -0.15) is 0 Å². The second-order valence-electron chi connectivity index (χ2n) is 4.28. The number of carbonyl (C=O) groups is 1. The van der Waals surface area contributed by atoms with Crippen molar-refractivity contribution in [2.75, 3.05) is 11.1 Å². The fourth-order valence-electron chi connectivity index (χ4n) is 1.76. The molecule has 2 aromatic carbocycles. The van der Waals surface area contributed by atoms with Crippen molar-refractivity contribution >= 4 is 50.6 Å². The van der Waals surface area contributed by atoms with E-state index in [2.05, 4.69) is 21.2 Å². The molecular formula is C14H12BrClN2O2. The molecule has 0 aliphatic rings. The zero-order valence-electron chi connectivity index (χ0n) is 10.6. The van der Waals surface area contributed by atoms with Crippen LogP contribution in [0.15, 0.2) is 34.8 Å². The summed E-state index contributed by atoms with van der Waals surface area (Å²) >= 11 is 9.50. The summed E-state index contributed by atoms with van der Waals surface area (Å²) in [7, 11) is 0. The molecule has 0 aliphatic carbocycles. The van der Waals surface area contributed by atoms with Crippen molar-refractivity contribution in [1.29, 1.82) is 0 Å². The Morgan fingerprint density at radius 2 is 2.10 bits per heavy atom. The molecule has 2 rings (SSSR count). The van der Waals surface area contributed by atoms with Crippen LogP contribution >= 0.6 is 27.5 Å². The number of nitrogens with one attached hydrogen (secondary N) is 1. The molecule has 0 saturated carbocycles. The van der Waals surface area contributed by atoms with Crippen LogP contribution < -0.4 is 11.1 Å². The van der Waals surface area contributed by atoms with Gasteiger partial charge >= 0.3 is 5.97 Å². The van der Waals surface area contributed by atoms with Gasteiger partial charge in [-0.25, -0.2) is 4.79 Å². The lowest BCUT2D eigenvalue weighted by Gasteiger charge is -2.14. The van der Waals surface area contributed by atoms with Gasteiger partial charge in [0.15, 0.2) is 0 Å². The Bertz CT molecular complexity index is 689. The van der Waals surface area contributed by atoms with Crippen molar-refractivity contribution in [3.05, 3.63) is 51.0 Å². The number of carboxylic acid groups (broad SMARTS) is 1. The first-order chi connectivity index (χ1) is 9.40. The van der Waals surface area contributed by atoms with Gasteiger partial charge in [0.1, 0.15) is 0 Å². The van der Waals surface area contributed by atoms with Crippen LogP contribution in [-0.2, 0) is 0 Å². The van der Waals surface area contributed by atoms with Crippen molar-refractivity contribution in [3.8, 4) is 0 Å². The van der Waals surface area contributed by atoms with Crippen LogP contribution in [0.2, 0.25) is 5.02 Å². The van der Waals surface area contributed by atoms with Gasteiger partial charge in [-0.05, 0) is 52.7 Å². The number of nitrogen functional groups attached to an aromatic ring is 1. The van der Waals surface area contributed by atoms with E-state index < -0.39 is 5.97 Å². The van der Waals surface area contributed by atoms with Crippen molar-refractivity contribution < 1.29 is 9.90 Å². The highest BCUT2D eigenvalue weighted by molar-refractivity contribution is 9.10. The molecule has 0 unspecified atom stereocenters. The van der Waals surface area contributed by atoms with Gasteiger partial charge in [0.05, 0.1) is 22.6 Å². The first-order valence-electron chi connectivity index (χ1n) is 5.74. The first-order valence-corrected chi connectivity index (χ1v) is 6.91. The third kappa shape index (κ3) is 2.89. The number of anilines is 3. The monoisotopic (exact) mass is 354 g/mol. The number of para-hydroxylation sites is 1. The molecule has 20 heavy (non-hydrogen) atoms.